The van der Waals surface area contributed by atoms with E-state index in [-0.39, 0.29) is 11.8 Å². The van der Waals surface area contributed by atoms with Crippen molar-refractivity contribution in [1.29, 1.82) is 0 Å². The average molecular weight is 388 g/mol. The minimum absolute atomic E-state index is 0.190. The van der Waals surface area contributed by atoms with Crippen LogP contribution in [0.4, 0.5) is 0 Å². The molecule has 6 heteroatoms. The lowest BCUT2D eigenvalue weighted by Crippen LogP contribution is -2.52. The number of hydrogen-bond donors (Lipinski definition) is 0. The Morgan fingerprint density at radius 1 is 0.893 bits per heavy atom. The van der Waals surface area contributed by atoms with Crippen LogP contribution >= 0.6 is 0 Å². The van der Waals surface area contributed by atoms with E-state index in [0.717, 1.165) is 56.8 Å². The molecule has 154 valence electrons. The van der Waals surface area contributed by atoms with Crippen LogP contribution in [0.5, 0.6) is 5.75 Å². The Morgan fingerprint density at radius 3 is 2.29 bits per heavy atom. The minimum Gasteiger partial charge on any atom is -0.493 e. The zero-order chi connectivity index (χ0) is 19.8. The summed E-state index contributed by atoms with van der Waals surface area (Å²) in [5.41, 5.74) is 1.11. The maximum atomic E-state index is 12.4. The molecule has 6 nitrogen and oxygen atoms in total. The molecule has 0 unspecified atom stereocenters. The van der Waals surface area contributed by atoms with Gasteiger partial charge in [-0.1, -0.05) is 18.2 Å². The van der Waals surface area contributed by atoms with Crippen molar-refractivity contribution in [3.8, 4) is 5.75 Å². The molecule has 0 N–H and O–H groups in total. The van der Waals surface area contributed by atoms with Crippen molar-refractivity contribution in [2.75, 3.05) is 52.4 Å². The molecule has 2 saturated heterocycles. The standard InChI is InChI=1S/C22H33N3O3/c1-19-8-3-4-9-20(19)28-17-7-10-21(26)25-15-13-23(14-16-25)18-22(27)24-11-5-2-6-12-24/h3-4,8-9H,2,5-7,10-18H2,1H3. The monoisotopic (exact) mass is 387 g/mol. The minimum atomic E-state index is 0.190. The fourth-order valence-electron chi connectivity index (χ4n) is 3.87. The van der Waals surface area contributed by atoms with E-state index < -0.39 is 0 Å². The van der Waals surface area contributed by atoms with Gasteiger partial charge in [-0.15, -0.1) is 0 Å². The van der Waals surface area contributed by atoms with E-state index in [0.29, 0.717) is 32.7 Å². The number of rotatable bonds is 7. The highest BCUT2D eigenvalue weighted by Gasteiger charge is 2.24. The van der Waals surface area contributed by atoms with E-state index in [4.69, 9.17) is 4.74 Å². The Balaban J connectivity index is 1.31. The molecule has 0 radical (unpaired) electrons. The van der Waals surface area contributed by atoms with Crippen LogP contribution in [-0.2, 0) is 9.59 Å². The lowest BCUT2D eigenvalue weighted by Gasteiger charge is -2.36. The van der Waals surface area contributed by atoms with Crippen LogP contribution in [0.25, 0.3) is 0 Å². The summed E-state index contributed by atoms with van der Waals surface area (Å²) < 4.78 is 5.77. The maximum absolute atomic E-state index is 12.4. The van der Waals surface area contributed by atoms with Gasteiger partial charge in [0.2, 0.25) is 11.8 Å². The van der Waals surface area contributed by atoms with Gasteiger partial charge in [0.1, 0.15) is 5.75 Å². The zero-order valence-electron chi connectivity index (χ0n) is 17.1. The van der Waals surface area contributed by atoms with Gasteiger partial charge < -0.3 is 14.5 Å². The number of ether oxygens (including phenoxy) is 1. The van der Waals surface area contributed by atoms with Crippen LogP contribution in [0.15, 0.2) is 24.3 Å². The van der Waals surface area contributed by atoms with Gasteiger partial charge >= 0.3 is 0 Å². The number of aryl methyl sites for hydroxylation is 1. The van der Waals surface area contributed by atoms with Crippen LogP contribution < -0.4 is 4.74 Å². The molecule has 0 spiro atoms. The van der Waals surface area contributed by atoms with Gasteiger partial charge in [-0.25, -0.2) is 0 Å². The first-order valence-electron chi connectivity index (χ1n) is 10.6. The van der Waals surface area contributed by atoms with Crippen molar-refractivity contribution in [2.45, 2.75) is 39.0 Å². The third-order valence-electron chi connectivity index (χ3n) is 5.68. The Kier molecular flexibility index (Phi) is 7.71. The van der Waals surface area contributed by atoms with Gasteiger partial charge in [-0.2, -0.15) is 0 Å². The van der Waals surface area contributed by atoms with E-state index in [1.165, 1.54) is 6.42 Å². The molecule has 28 heavy (non-hydrogen) atoms. The topological polar surface area (TPSA) is 53.1 Å². The molecule has 0 aromatic heterocycles. The molecule has 0 bridgehead atoms. The average Bonchev–Trinajstić information content (AvgIpc) is 2.73. The number of carbonyl (C=O) groups is 2. The van der Waals surface area contributed by atoms with Crippen molar-refractivity contribution in [3.05, 3.63) is 29.8 Å². The van der Waals surface area contributed by atoms with E-state index >= 15 is 0 Å². The van der Waals surface area contributed by atoms with Crippen molar-refractivity contribution in [1.82, 2.24) is 14.7 Å². The third kappa shape index (κ3) is 5.96. The van der Waals surface area contributed by atoms with E-state index in [1.807, 2.05) is 41.0 Å². The molecular weight excluding hydrogens is 354 g/mol. The quantitative estimate of drug-likeness (QED) is 0.674. The molecule has 1 aromatic rings. The Bertz CT molecular complexity index is 650. The van der Waals surface area contributed by atoms with Crippen molar-refractivity contribution in [2.24, 2.45) is 0 Å². The molecule has 1 aromatic carbocycles. The Morgan fingerprint density at radius 2 is 1.57 bits per heavy atom. The lowest BCUT2D eigenvalue weighted by molar-refractivity contribution is -0.135. The molecule has 2 fully saturated rings. The van der Waals surface area contributed by atoms with Gasteiger partial charge in [0.25, 0.3) is 0 Å². The van der Waals surface area contributed by atoms with Crippen LogP contribution in [0.2, 0.25) is 0 Å². The second kappa shape index (κ2) is 10.5. The molecule has 2 aliphatic rings. The molecule has 2 aliphatic heterocycles. The van der Waals surface area contributed by atoms with Gasteiger partial charge in [0, 0.05) is 45.7 Å². The summed E-state index contributed by atoms with van der Waals surface area (Å²) in [6.45, 7) is 7.87. The smallest absolute Gasteiger partial charge is 0.236 e. The molecular formula is C22H33N3O3. The molecule has 0 aliphatic carbocycles. The first-order valence-corrected chi connectivity index (χ1v) is 10.6. The summed E-state index contributed by atoms with van der Waals surface area (Å²) >= 11 is 0. The van der Waals surface area contributed by atoms with E-state index in [9.17, 15) is 9.59 Å². The number of hydrogen-bond acceptors (Lipinski definition) is 4. The van der Waals surface area contributed by atoms with Gasteiger partial charge in [-0.3, -0.25) is 14.5 Å². The van der Waals surface area contributed by atoms with Crippen molar-refractivity contribution < 1.29 is 14.3 Å². The van der Waals surface area contributed by atoms with Gasteiger partial charge in [0.05, 0.1) is 13.2 Å². The van der Waals surface area contributed by atoms with Crippen LogP contribution in [0.1, 0.15) is 37.7 Å². The number of piperazine rings is 1. The Hall–Kier alpha value is -2.08. The van der Waals surface area contributed by atoms with Gasteiger partial charge in [0.15, 0.2) is 0 Å². The number of carbonyl (C=O) groups excluding carboxylic acids is 2. The highest BCUT2D eigenvalue weighted by atomic mass is 16.5. The van der Waals surface area contributed by atoms with Gasteiger partial charge in [-0.05, 0) is 44.2 Å². The molecule has 0 atom stereocenters. The second-order valence-corrected chi connectivity index (χ2v) is 7.82. The second-order valence-electron chi connectivity index (χ2n) is 7.82. The molecule has 3 rings (SSSR count). The predicted molar refractivity (Wildman–Crippen MR) is 109 cm³/mol. The number of nitrogens with zero attached hydrogens (tertiary/aromatic N) is 3. The van der Waals surface area contributed by atoms with Crippen LogP contribution in [-0.4, -0.2) is 78.9 Å². The summed E-state index contributed by atoms with van der Waals surface area (Å²) in [5.74, 6) is 1.32. The number of benzene rings is 1. The molecule has 2 heterocycles. The summed E-state index contributed by atoms with van der Waals surface area (Å²) in [6.07, 6.45) is 4.73. The highest BCUT2D eigenvalue weighted by molar-refractivity contribution is 5.78. The fourth-order valence-corrected chi connectivity index (χ4v) is 3.87. The largest absolute Gasteiger partial charge is 0.493 e. The van der Waals surface area contributed by atoms with E-state index in [1.54, 1.807) is 0 Å². The van der Waals surface area contributed by atoms with Crippen molar-refractivity contribution in [3.63, 3.8) is 0 Å². The SMILES string of the molecule is Cc1ccccc1OCCCC(=O)N1CCN(CC(=O)N2CCCCC2)CC1. The van der Waals surface area contributed by atoms with Crippen LogP contribution in [0.3, 0.4) is 0 Å². The first-order chi connectivity index (χ1) is 13.6. The predicted octanol–water partition coefficient (Wildman–Crippen LogP) is 2.31. The first kappa shape index (κ1) is 20.6. The fraction of sp³-hybridized carbons (Fsp3) is 0.636. The summed E-state index contributed by atoms with van der Waals surface area (Å²) in [6, 6.07) is 7.94. The van der Waals surface area contributed by atoms with Crippen LogP contribution in [0, 0.1) is 6.92 Å². The number of piperidine rings is 1. The van der Waals surface area contributed by atoms with Crippen molar-refractivity contribution >= 4 is 11.8 Å². The summed E-state index contributed by atoms with van der Waals surface area (Å²) in [4.78, 5) is 30.9. The third-order valence-corrected chi connectivity index (χ3v) is 5.68. The maximum Gasteiger partial charge on any atom is 0.236 e. The molecule has 2 amide bonds. The summed E-state index contributed by atoms with van der Waals surface area (Å²) in [7, 11) is 0. The number of para-hydroxylation sites is 1. The Labute approximate surface area is 168 Å². The van der Waals surface area contributed by atoms with E-state index in [2.05, 4.69) is 4.90 Å². The summed E-state index contributed by atoms with van der Waals surface area (Å²) in [5, 5.41) is 0. The molecule has 0 saturated carbocycles. The number of likely N-dealkylation sites (tertiary alicyclic amines) is 1. The highest BCUT2D eigenvalue weighted by Crippen LogP contribution is 2.16. The normalized spacial score (nSPS) is 18.2. The zero-order valence-corrected chi connectivity index (χ0v) is 17.1. The number of amides is 2. The lowest BCUT2D eigenvalue weighted by atomic mass is 10.1.